The third-order valence-electron chi connectivity index (χ3n) is 3.70. The Balaban J connectivity index is 2.00. The number of benzene rings is 2. The number of rotatable bonds is 8. The lowest BCUT2D eigenvalue weighted by atomic mass is 10.2. The number of non-ortho nitro benzene ring substituents is 1. The van der Waals surface area contributed by atoms with Gasteiger partial charge in [-0.15, -0.1) is 0 Å². The van der Waals surface area contributed by atoms with Crippen LogP contribution in [0.4, 0.5) is 5.69 Å². The van der Waals surface area contributed by atoms with E-state index in [0.29, 0.717) is 19.0 Å². The van der Waals surface area contributed by atoms with Gasteiger partial charge < -0.3 is 15.4 Å². The van der Waals surface area contributed by atoms with Crippen LogP contribution in [0.15, 0.2) is 53.5 Å². The van der Waals surface area contributed by atoms with Crippen molar-refractivity contribution in [3.8, 4) is 5.75 Å². The summed E-state index contributed by atoms with van der Waals surface area (Å²) in [6.45, 7) is 3.95. The fourth-order valence-electron chi connectivity index (χ4n) is 2.28. The molecule has 0 aliphatic carbocycles. The molecule has 0 saturated carbocycles. The lowest BCUT2D eigenvalue weighted by molar-refractivity contribution is -0.384. The Morgan fingerprint density at radius 1 is 1.15 bits per heavy atom. The third-order valence-corrected chi connectivity index (χ3v) is 3.70. The summed E-state index contributed by atoms with van der Waals surface area (Å²) < 4.78 is 5.23. The van der Waals surface area contributed by atoms with Gasteiger partial charge in [-0.1, -0.05) is 31.2 Å². The number of nitrogens with one attached hydrogen (secondary N) is 2. The van der Waals surface area contributed by atoms with Gasteiger partial charge in [-0.3, -0.25) is 10.1 Å². The van der Waals surface area contributed by atoms with E-state index in [1.54, 1.807) is 19.2 Å². The Kier molecular flexibility index (Phi) is 7.42. The second-order valence-corrected chi connectivity index (χ2v) is 5.72. The topological polar surface area (TPSA) is 88.8 Å². The van der Waals surface area contributed by atoms with Gasteiger partial charge in [-0.05, 0) is 29.7 Å². The Morgan fingerprint density at radius 3 is 2.58 bits per heavy atom. The van der Waals surface area contributed by atoms with Crippen LogP contribution >= 0.6 is 0 Å². The van der Waals surface area contributed by atoms with Crippen LogP contribution in [0.25, 0.3) is 0 Å². The molecule has 2 N–H and O–H groups in total. The van der Waals surface area contributed by atoms with E-state index in [9.17, 15) is 10.1 Å². The van der Waals surface area contributed by atoms with Crippen molar-refractivity contribution in [3.05, 3.63) is 69.8 Å². The number of guanidine groups is 1. The molecule has 0 saturated heterocycles. The van der Waals surface area contributed by atoms with Gasteiger partial charge in [0, 0.05) is 25.2 Å². The van der Waals surface area contributed by atoms with Crippen LogP contribution in [-0.4, -0.2) is 24.5 Å². The molecular formula is C19H24N4O3. The molecule has 2 aromatic carbocycles. The molecule has 0 amide bonds. The van der Waals surface area contributed by atoms with Crippen LogP contribution in [0, 0.1) is 10.1 Å². The number of nitro benzene ring substituents is 1. The smallest absolute Gasteiger partial charge is 0.269 e. The predicted octanol–water partition coefficient (Wildman–Crippen LogP) is 3.25. The van der Waals surface area contributed by atoms with Gasteiger partial charge >= 0.3 is 0 Å². The Hall–Kier alpha value is -3.09. The monoisotopic (exact) mass is 356 g/mol. The Bertz CT molecular complexity index is 745. The minimum Gasteiger partial charge on any atom is -0.497 e. The number of nitro groups is 1. The second-order valence-electron chi connectivity index (χ2n) is 5.72. The summed E-state index contributed by atoms with van der Waals surface area (Å²) in [6, 6.07) is 14.3. The highest BCUT2D eigenvalue weighted by Crippen LogP contribution is 2.13. The van der Waals surface area contributed by atoms with Crippen molar-refractivity contribution < 1.29 is 9.66 Å². The molecule has 0 aliphatic rings. The molecule has 2 rings (SSSR count). The fraction of sp³-hybridized carbons (Fsp3) is 0.316. The van der Waals surface area contributed by atoms with Crippen LogP contribution in [0.2, 0.25) is 0 Å². The predicted molar refractivity (Wildman–Crippen MR) is 102 cm³/mol. The first-order valence-electron chi connectivity index (χ1n) is 8.51. The van der Waals surface area contributed by atoms with Crippen molar-refractivity contribution in [2.75, 3.05) is 13.7 Å². The summed E-state index contributed by atoms with van der Waals surface area (Å²) in [5.74, 6) is 1.51. The number of hydrogen-bond donors (Lipinski definition) is 2. The van der Waals surface area contributed by atoms with Crippen molar-refractivity contribution in [3.63, 3.8) is 0 Å². The first-order chi connectivity index (χ1) is 12.6. The normalized spacial score (nSPS) is 11.1. The number of methoxy groups -OCH3 is 1. The van der Waals surface area contributed by atoms with E-state index < -0.39 is 4.92 Å². The van der Waals surface area contributed by atoms with Crippen molar-refractivity contribution >= 4 is 11.6 Å². The number of hydrogen-bond acceptors (Lipinski definition) is 4. The summed E-state index contributed by atoms with van der Waals surface area (Å²) >= 11 is 0. The lowest BCUT2D eigenvalue weighted by Crippen LogP contribution is -2.37. The van der Waals surface area contributed by atoms with Crippen LogP contribution < -0.4 is 15.4 Å². The van der Waals surface area contributed by atoms with Crippen LogP contribution in [0.5, 0.6) is 5.75 Å². The van der Waals surface area contributed by atoms with Gasteiger partial charge in [0.25, 0.3) is 5.69 Å². The zero-order valence-corrected chi connectivity index (χ0v) is 15.1. The van der Waals surface area contributed by atoms with E-state index in [2.05, 4.69) is 22.5 Å². The molecule has 7 nitrogen and oxygen atoms in total. The zero-order valence-electron chi connectivity index (χ0n) is 15.1. The van der Waals surface area contributed by atoms with Crippen LogP contribution in [0.3, 0.4) is 0 Å². The summed E-state index contributed by atoms with van der Waals surface area (Å²) in [5.41, 5.74) is 2.09. The minimum atomic E-state index is -0.402. The first-order valence-corrected chi connectivity index (χ1v) is 8.51. The molecule has 7 heteroatoms. The van der Waals surface area contributed by atoms with Gasteiger partial charge in [-0.2, -0.15) is 0 Å². The SMILES string of the molecule is CCCNC(=NCc1cccc(OC)c1)NCc1ccc([N+](=O)[O-])cc1. The molecule has 0 radical (unpaired) electrons. The average molecular weight is 356 g/mol. The molecule has 2 aromatic rings. The van der Waals surface area contributed by atoms with E-state index in [0.717, 1.165) is 29.8 Å². The maximum absolute atomic E-state index is 10.7. The quantitative estimate of drug-likeness (QED) is 0.328. The van der Waals surface area contributed by atoms with Crippen molar-refractivity contribution in [2.45, 2.75) is 26.4 Å². The van der Waals surface area contributed by atoms with E-state index in [1.165, 1.54) is 12.1 Å². The molecule has 0 atom stereocenters. The van der Waals surface area contributed by atoms with E-state index >= 15 is 0 Å². The standard InChI is InChI=1S/C19H24N4O3/c1-3-11-20-19(22-14-16-5-4-6-18(12-16)26-2)21-13-15-7-9-17(10-8-15)23(24)25/h4-10,12H,3,11,13-14H2,1-2H3,(H2,20,21,22). The molecule has 0 unspecified atom stereocenters. The van der Waals surface area contributed by atoms with E-state index in [-0.39, 0.29) is 5.69 Å². The Morgan fingerprint density at radius 2 is 1.92 bits per heavy atom. The highest BCUT2D eigenvalue weighted by atomic mass is 16.6. The number of nitrogens with zero attached hydrogens (tertiary/aromatic N) is 2. The minimum absolute atomic E-state index is 0.0878. The maximum Gasteiger partial charge on any atom is 0.269 e. The van der Waals surface area contributed by atoms with Crippen LogP contribution in [0.1, 0.15) is 24.5 Å². The molecule has 0 bridgehead atoms. The average Bonchev–Trinajstić information content (AvgIpc) is 2.67. The molecule has 138 valence electrons. The van der Waals surface area contributed by atoms with Gasteiger partial charge in [0.15, 0.2) is 5.96 Å². The van der Waals surface area contributed by atoms with Crippen molar-refractivity contribution in [1.82, 2.24) is 10.6 Å². The molecule has 0 aliphatic heterocycles. The summed E-state index contributed by atoms with van der Waals surface area (Å²) in [7, 11) is 1.64. The van der Waals surface area contributed by atoms with Crippen molar-refractivity contribution in [1.29, 1.82) is 0 Å². The highest BCUT2D eigenvalue weighted by Gasteiger charge is 2.05. The molecule has 26 heavy (non-hydrogen) atoms. The van der Waals surface area contributed by atoms with E-state index in [4.69, 9.17) is 4.74 Å². The molecule has 0 spiro atoms. The van der Waals surface area contributed by atoms with E-state index in [1.807, 2.05) is 24.3 Å². The zero-order chi connectivity index (χ0) is 18.8. The third kappa shape index (κ3) is 6.08. The summed E-state index contributed by atoms with van der Waals surface area (Å²) in [6.07, 6.45) is 0.984. The number of ether oxygens (including phenoxy) is 1. The van der Waals surface area contributed by atoms with Gasteiger partial charge in [0.2, 0.25) is 0 Å². The molecular weight excluding hydrogens is 332 g/mol. The molecule has 0 heterocycles. The largest absolute Gasteiger partial charge is 0.497 e. The van der Waals surface area contributed by atoms with Gasteiger partial charge in [0.05, 0.1) is 18.6 Å². The van der Waals surface area contributed by atoms with Gasteiger partial charge in [0.1, 0.15) is 5.75 Å². The summed E-state index contributed by atoms with van der Waals surface area (Å²) in [4.78, 5) is 14.9. The second kappa shape index (κ2) is 10.0. The fourth-order valence-corrected chi connectivity index (χ4v) is 2.28. The number of aliphatic imine (C=N–C) groups is 1. The molecule has 0 fully saturated rings. The first kappa shape index (κ1) is 19.2. The Labute approximate surface area is 153 Å². The van der Waals surface area contributed by atoms with Gasteiger partial charge in [-0.25, -0.2) is 4.99 Å². The summed E-state index contributed by atoms with van der Waals surface area (Å²) in [5, 5.41) is 17.2. The lowest BCUT2D eigenvalue weighted by Gasteiger charge is -2.12. The maximum atomic E-state index is 10.7. The van der Waals surface area contributed by atoms with Crippen LogP contribution in [-0.2, 0) is 13.1 Å². The molecule has 0 aromatic heterocycles. The van der Waals surface area contributed by atoms with Crippen molar-refractivity contribution in [2.24, 2.45) is 4.99 Å². The highest BCUT2D eigenvalue weighted by molar-refractivity contribution is 5.79.